The van der Waals surface area contributed by atoms with Crippen molar-refractivity contribution in [2.45, 2.75) is 12.8 Å². The number of nitrogens with zero attached hydrogens (tertiary/aromatic N) is 2. The first kappa shape index (κ1) is 12.9. The van der Waals surface area contributed by atoms with Crippen LogP contribution in [-0.4, -0.2) is 37.4 Å². The van der Waals surface area contributed by atoms with Crippen LogP contribution in [0.4, 0.5) is 5.82 Å². The Bertz CT molecular complexity index is 587. The summed E-state index contributed by atoms with van der Waals surface area (Å²) in [5.41, 5.74) is 0.704. The van der Waals surface area contributed by atoms with E-state index in [0.29, 0.717) is 30.8 Å². The molecule has 2 heterocycles. The Morgan fingerprint density at radius 2 is 2.33 bits per heavy atom. The number of aliphatic hydroxyl groups excluding tert-OH is 1. The van der Waals surface area contributed by atoms with E-state index in [2.05, 4.69) is 16.8 Å². The van der Waals surface area contributed by atoms with Crippen LogP contribution < -0.4 is 4.31 Å². The molecule has 1 fully saturated rings. The van der Waals surface area contributed by atoms with Gasteiger partial charge >= 0.3 is 0 Å². The summed E-state index contributed by atoms with van der Waals surface area (Å²) in [6.45, 7) is 0.494. The summed E-state index contributed by atoms with van der Waals surface area (Å²) in [5, 5.41) is 8.64. The van der Waals surface area contributed by atoms with Crippen molar-refractivity contribution in [3.63, 3.8) is 0 Å². The van der Waals surface area contributed by atoms with Gasteiger partial charge in [0.2, 0.25) is 10.0 Å². The summed E-state index contributed by atoms with van der Waals surface area (Å²) in [7, 11) is -3.20. The highest BCUT2D eigenvalue weighted by Gasteiger charge is 2.29. The zero-order valence-corrected chi connectivity index (χ0v) is 10.7. The second kappa shape index (κ2) is 5.38. The number of hydrogen-bond acceptors (Lipinski definition) is 4. The number of sulfonamides is 1. The molecule has 0 radical (unpaired) electrons. The summed E-state index contributed by atoms with van der Waals surface area (Å²) in [6.07, 6.45) is 2.58. The van der Waals surface area contributed by atoms with Crippen LogP contribution in [0, 0.1) is 11.8 Å². The molecule has 0 spiro atoms. The number of rotatable bonds is 2. The molecule has 0 amide bonds. The average Bonchev–Trinajstić information content (AvgIpc) is 2.70. The molecule has 0 bridgehead atoms. The van der Waals surface area contributed by atoms with E-state index in [1.54, 1.807) is 18.3 Å². The Morgan fingerprint density at radius 1 is 1.50 bits per heavy atom. The molecule has 1 saturated heterocycles. The fourth-order valence-electron chi connectivity index (χ4n) is 1.75. The summed E-state index contributed by atoms with van der Waals surface area (Å²) < 4.78 is 24.8. The fraction of sp³-hybridized carbons (Fsp3) is 0.417. The molecule has 0 aliphatic carbocycles. The van der Waals surface area contributed by atoms with E-state index < -0.39 is 10.0 Å². The van der Waals surface area contributed by atoms with Crippen molar-refractivity contribution in [1.82, 2.24) is 4.98 Å². The van der Waals surface area contributed by atoms with Crippen LogP contribution in [0.3, 0.4) is 0 Å². The van der Waals surface area contributed by atoms with E-state index in [1.807, 2.05) is 0 Å². The first-order chi connectivity index (χ1) is 8.63. The second-order valence-electron chi connectivity index (χ2n) is 3.92. The maximum atomic E-state index is 11.8. The lowest BCUT2D eigenvalue weighted by molar-refractivity contribution is 0.305. The van der Waals surface area contributed by atoms with Crippen molar-refractivity contribution in [1.29, 1.82) is 0 Å². The van der Waals surface area contributed by atoms with Crippen molar-refractivity contribution >= 4 is 15.8 Å². The first-order valence-corrected chi connectivity index (χ1v) is 7.30. The van der Waals surface area contributed by atoms with Crippen molar-refractivity contribution in [3.8, 4) is 11.8 Å². The van der Waals surface area contributed by atoms with Crippen LogP contribution >= 0.6 is 0 Å². The molecule has 0 saturated carbocycles. The second-order valence-corrected chi connectivity index (χ2v) is 5.93. The van der Waals surface area contributed by atoms with Crippen LogP contribution in [0.1, 0.15) is 18.4 Å². The average molecular weight is 266 g/mol. The molecule has 1 aliphatic rings. The molecule has 1 N–H and O–H groups in total. The number of anilines is 1. The van der Waals surface area contributed by atoms with Crippen LogP contribution in [0.5, 0.6) is 0 Å². The third-order valence-corrected chi connectivity index (χ3v) is 4.42. The van der Waals surface area contributed by atoms with Gasteiger partial charge < -0.3 is 5.11 Å². The summed E-state index contributed by atoms with van der Waals surface area (Å²) in [5.74, 6) is 6.25. The lowest BCUT2D eigenvalue weighted by atomic mass is 10.2. The van der Waals surface area contributed by atoms with E-state index in [-0.39, 0.29) is 12.4 Å². The SMILES string of the molecule is O=S1(=O)CCCN1c1cc(C#CCCO)ccn1. The highest BCUT2D eigenvalue weighted by molar-refractivity contribution is 7.93. The molecular formula is C12H14N2O3S. The lowest BCUT2D eigenvalue weighted by Gasteiger charge is -2.15. The molecule has 18 heavy (non-hydrogen) atoms. The Hall–Kier alpha value is -1.58. The lowest BCUT2D eigenvalue weighted by Crippen LogP contribution is -2.25. The molecule has 96 valence electrons. The van der Waals surface area contributed by atoms with E-state index in [9.17, 15) is 8.42 Å². The monoisotopic (exact) mass is 266 g/mol. The topological polar surface area (TPSA) is 70.5 Å². The molecular weight excluding hydrogens is 252 g/mol. The minimum Gasteiger partial charge on any atom is -0.395 e. The third kappa shape index (κ3) is 2.81. The molecule has 0 atom stereocenters. The van der Waals surface area contributed by atoms with Crippen molar-refractivity contribution in [3.05, 3.63) is 23.9 Å². The Kier molecular flexibility index (Phi) is 3.84. The van der Waals surface area contributed by atoms with Gasteiger partial charge in [-0.25, -0.2) is 13.4 Å². The predicted octanol–water partition coefficient (Wildman–Crippen LogP) is 0.355. The van der Waals surface area contributed by atoms with Gasteiger partial charge in [0.15, 0.2) is 0 Å². The standard InChI is InChI=1S/C12H14N2O3S/c15-8-2-1-4-11-5-6-13-12(10-11)14-7-3-9-18(14,16)17/h5-6,10,15H,2-3,7-9H2. The van der Waals surface area contributed by atoms with E-state index in [4.69, 9.17) is 5.11 Å². The summed E-state index contributed by atoms with van der Waals surface area (Å²) in [4.78, 5) is 4.07. The smallest absolute Gasteiger partial charge is 0.236 e. The van der Waals surface area contributed by atoms with Gasteiger partial charge in [-0.1, -0.05) is 11.8 Å². The predicted molar refractivity (Wildman–Crippen MR) is 68.6 cm³/mol. The van der Waals surface area contributed by atoms with Gasteiger partial charge in [-0.3, -0.25) is 4.31 Å². The van der Waals surface area contributed by atoms with Crippen LogP contribution in [0.15, 0.2) is 18.3 Å². The quantitative estimate of drug-likeness (QED) is 0.784. The fourth-order valence-corrected chi connectivity index (χ4v) is 3.26. The minimum atomic E-state index is -3.20. The van der Waals surface area contributed by atoms with E-state index >= 15 is 0 Å². The Balaban J connectivity index is 2.26. The number of pyridine rings is 1. The highest BCUT2D eigenvalue weighted by atomic mass is 32.2. The molecule has 1 aliphatic heterocycles. The van der Waals surface area contributed by atoms with Gasteiger partial charge in [-0.15, -0.1) is 0 Å². The van der Waals surface area contributed by atoms with Crippen molar-refractivity contribution in [2.75, 3.05) is 23.2 Å². The zero-order chi connectivity index (χ0) is 13.0. The minimum absolute atomic E-state index is 0.0193. The Labute approximate surface area is 107 Å². The molecule has 5 nitrogen and oxygen atoms in total. The third-order valence-electron chi connectivity index (χ3n) is 2.57. The number of aliphatic hydroxyl groups is 1. The van der Waals surface area contributed by atoms with E-state index in [0.717, 1.165) is 0 Å². The molecule has 1 aromatic rings. The highest BCUT2D eigenvalue weighted by Crippen LogP contribution is 2.22. The van der Waals surface area contributed by atoms with E-state index in [1.165, 1.54) is 4.31 Å². The first-order valence-electron chi connectivity index (χ1n) is 5.70. The van der Waals surface area contributed by atoms with Gasteiger partial charge in [0.25, 0.3) is 0 Å². The number of hydrogen-bond donors (Lipinski definition) is 1. The summed E-state index contributed by atoms with van der Waals surface area (Å²) >= 11 is 0. The normalized spacial score (nSPS) is 17.3. The molecule has 0 unspecified atom stereocenters. The van der Waals surface area contributed by atoms with Crippen LogP contribution in [0.25, 0.3) is 0 Å². The molecule has 0 aromatic carbocycles. The number of aromatic nitrogens is 1. The van der Waals surface area contributed by atoms with Gasteiger partial charge in [0, 0.05) is 24.7 Å². The Morgan fingerprint density at radius 3 is 3.00 bits per heavy atom. The largest absolute Gasteiger partial charge is 0.395 e. The van der Waals surface area contributed by atoms with Gasteiger partial charge in [-0.05, 0) is 18.6 Å². The van der Waals surface area contributed by atoms with Crippen LogP contribution in [0.2, 0.25) is 0 Å². The summed E-state index contributed by atoms with van der Waals surface area (Å²) in [6, 6.07) is 3.38. The van der Waals surface area contributed by atoms with Crippen molar-refractivity contribution in [2.24, 2.45) is 0 Å². The maximum absolute atomic E-state index is 11.8. The van der Waals surface area contributed by atoms with Gasteiger partial charge in [-0.2, -0.15) is 0 Å². The van der Waals surface area contributed by atoms with Gasteiger partial charge in [0.05, 0.1) is 12.4 Å². The zero-order valence-electron chi connectivity index (χ0n) is 9.83. The maximum Gasteiger partial charge on any atom is 0.236 e. The van der Waals surface area contributed by atoms with Crippen LogP contribution in [-0.2, 0) is 10.0 Å². The molecule has 1 aromatic heterocycles. The molecule has 6 heteroatoms. The molecule has 2 rings (SSSR count). The van der Waals surface area contributed by atoms with Gasteiger partial charge in [0.1, 0.15) is 5.82 Å². The van der Waals surface area contributed by atoms with Crippen molar-refractivity contribution < 1.29 is 13.5 Å².